The lowest BCUT2D eigenvalue weighted by atomic mass is 9.95. The molecule has 0 radical (unpaired) electrons. The number of alkyl halides is 1. The lowest BCUT2D eigenvalue weighted by molar-refractivity contribution is 0.0947. The monoisotopic (exact) mass is 292 g/mol. The van der Waals surface area contributed by atoms with Crippen molar-refractivity contribution >= 4 is 17.8 Å². The van der Waals surface area contributed by atoms with Gasteiger partial charge in [-0.3, -0.25) is 0 Å². The van der Waals surface area contributed by atoms with Crippen molar-refractivity contribution < 1.29 is 14.3 Å². The number of unbranched alkanes of at least 4 members (excludes halogenated alkanes) is 2. The second kappa shape index (κ2) is 7.21. The quantitative estimate of drug-likeness (QED) is 0.360. The van der Waals surface area contributed by atoms with Gasteiger partial charge < -0.3 is 9.47 Å². The van der Waals surface area contributed by atoms with Crippen LogP contribution in [-0.2, 0) is 15.9 Å². The first-order chi connectivity index (χ1) is 9.74. The van der Waals surface area contributed by atoms with E-state index in [1.54, 1.807) is 0 Å². The molecule has 106 valence electrons. The molecule has 1 atom stereocenters. The van der Waals surface area contributed by atoms with Crippen molar-refractivity contribution in [1.29, 1.82) is 0 Å². The highest BCUT2D eigenvalue weighted by molar-refractivity contribution is 6.17. The third kappa shape index (κ3) is 4.18. The summed E-state index contributed by atoms with van der Waals surface area (Å²) in [5, 5.41) is 0. The van der Waals surface area contributed by atoms with Gasteiger partial charge in [0.1, 0.15) is 6.61 Å². The Morgan fingerprint density at radius 3 is 2.70 bits per heavy atom. The van der Waals surface area contributed by atoms with Crippen molar-refractivity contribution in [3.63, 3.8) is 0 Å². The van der Waals surface area contributed by atoms with Crippen molar-refractivity contribution in [2.45, 2.75) is 31.3 Å². The van der Waals surface area contributed by atoms with E-state index in [4.69, 9.17) is 21.1 Å². The first kappa shape index (κ1) is 14.7. The van der Waals surface area contributed by atoms with E-state index in [0.717, 1.165) is 24.8 Å². The van der Waals surface area contributed by atoms with Crippen LogP contribution in [0.4, 0.5) is 4.79 Å². The van der Waals surface area contributed by atoms with Gasteiger partial charge in [0.15, 0.2) is 0 Å². The van der Waals surface area contributed by atoms with Gasteiger partial charge in [-0.2, -0.15) is 0 Å². The Bertz CT molecular complexity index is 503. The molecule has 20 heavy (non-hydrogen) atoms. The Morgan fingerprint density at radius 1 is 1.25 bits per heavy atom. The number of benzene rings is 1. The molecule has 1 aliphatic heterocycles. The molecule has 0 N–H and O–H groups in total. The molecular weight excluding hydrogens is 276 g/mol. The van der Waals surface area contributed by atoms with Crippen LogP contribution in [0.2, 0.25) is 0 Å². The minimum Gasteiger partial charge on any atom is -0.429 e. The maximum absolute atomic E-state index is 11.3. The number of hydrogen-bond donors (Lipinski definition) is 0. The Labute approximate surface area is 124 Å². The minimum absolute atomic E-state index is 0.184. The third-order valence-corrected chi connectivity index (χ3v) is 3.30. The Morgan fingerprint density at radius 2 is 2.05 bits per heavy atom. The summed E-state index contributed by atoms with van der Waals surface area (Å²) in [6.45, 7) is 0.184. The van der Waals surface area contributed by atoms with Crippen LogP contribution < -0.4 is 0 Å². The van der Waals surface area contributed by atoms with Gasteiger partial charge in [0.05, 0.1) is 0 Å². The highest BCUT2D eigenvalue weighted by Crippen LogP contribution is 2.24. The summed E-state index contributed by atoms with van der Waals surface area (Å²) in [5.74, 6) is 6.80. The standard InChI is InChI=1S/C16H17ClO3/c17-11-7-2-1-6-10-16(13-19-15(18)20-16)12-14-8-4-3-5-9-14/h3-5,8-9H,1-2,7,11-13H2. The Kier molecular flexibility index (Phi) is 5.31. The molecule has 1 heterocycles. The molecule has 4 heteroatoms. The first-order valence-electron chi connectivity index (χ1n) is 6.70. The van der Waals surface area contributed by atoms with E-state index in [1.165, 1.54) is 0 Å². The van der Waals surface area contributed by atoms with E-state index >= 15 is 0 Å². The maximum Gasteiger partial charge on any atom is 0.510 e. The summed E-state index contributed by atoms with van der Waals surface area (Å²) >= 11 is 5.62. The molecule has 1 aromatic carbocycles. The van der Waals surface area contributed by atoms with Crippen LogP contribution >= 0.6 is 11.6 Å². The maximum atomic E-state index is 11.3. The Balaban J connectivity index is 2.04. The predicted octanol–water partition coefficient (Wildman–Crippen LogP) is 3.55. The number of cyclic esters (lactones) is 2. The molecule has 1 saturated heterocycles. The summed E-state index contributed by atoms with van der Waals surface area (Å²) in [4.78, 5) is 11.3. The molecule has 1 aromatic rings. The topological polar surface area (TPSA) is 35.5 Å². The second-order valence-corrected chi connectivity index (χ2v) is 5.12. The van der Waals surface area contributed by atoms with Crippen molar-refractivity contribution in [1.82, 2.24) is 0 Å². The predicted molar refractivity (Wildman–Crippen MR) is 77.7 cm³/mol. The number of ether oxygens (including phenoxy) is 2. The van der Waals surface area contributed by atoms with Crippen molar-refractivity contribution in [3.8, 4) is 11.8 Å². The van der Waals surface area contributed by atoms with E-state index in [-0.39, 0.29) is 6.61 Å². The molecule has 2 rings (SSSR count). The lowest BCUT2D eigenvalue weighted by Crippen LogP contribution is -2.32. The molecule has 0 spiro atoms. The molecular formula is C16H17ClO3. The van der Waals surface area contributed by atoms with Crippen molar-refractivity contribution in [2.24, 2.45) is 0 Å². The van der Waals surface area contributed by atoms with Crippen LogP contribution in [0.5, 0.6) is 0 Å². The van der Waals surface area contributed by atoms with Crippen LogP contribution in [0.15, 0.2) is 30.3 Å². The normalized spacial score (nSPS) is 20.8. The molecule has 3 nitrogen and oxygen atoms in total. The smallest absolute Gasteiger partial charge is 0.429 e. The number of carbonyl (C=O) groups excluding carboxylic acids is 1. The molecule has 1 aliphatic rings. The van der Waals surface area contributed by atoms with Crippen LogP contribution in [0.1, 0.15) is 24.8 Å². The number of hydrogen-bond acceptors (Lipinski definition) is 3. The van der Waals surface area contributed by atoms with Crippen LogP contribution in [0.25, 0.3) is 0 Å². The molecule has 1 fully saturated rings. The molecule has 0 bridgehead atoms. The van der Waals surface area contributed by atoms with Gasteiger partial charge in [0, 0.05) is 18.7 Å². The summed E-state index contributed by atoms with van der Waals surface area (Å²) in [5.41, 5.74) is 0.222. The van der Waals surface area contributed by atoms with Gasteiger partial charge in [-0.05, 0) is 18.4 Å². The van der Waals surface area contributed by atoms with Crippen molar-refractivity contribution in [2.75, 3.05) is 12.5 Å². The fourth-order valence-corrected chi connectivity index (χ4v) is 2.23. The fraction of sp³-hybridized carbons (Fsp3) is 0.438. The SMILES string of the molecule is O=C1OCC(C#CCCCCCl)(Cc2ccccc2)O1. The van der Waals surface area contributed by atoms with Gasteiger partial charge in [-0.1, -0.05) is 42.2 Å². The van der Waals surface area contributed by atoms with Gasteiger partial charge in [0.2, 0.25) is 5.60 Å². The zero-order valence-corrected chi connectivity index (χ0v) is 12.0. The van der Waals surface area contributed by atoms with Crippen LogP contribution in [-0.4, -0.2) is 24.2 Å². The summed E-state index contributed by atoms with van der Waals surface area (Å²) < 4.78 is 10.2. The second-order valence-electron chi connectivity index (χ2n) is 4.75. The molecule has 0 aliphatic carbocycles. The first-order valence-corrected chi connectivity index (χ1v) is 7.23. The zero-order chi connectivity index (χ0) is 14.3. The van der Waals surface area contributed by atoms with Crippen LogP contribution in [0.3, 0.4) is 0 Å². The van der Waals surface area contributed by atoms with Crippen molar-refractivity contribution in [3.05, 3.63) is 35.9 Å². The minimum atomic E-state index is -0.848. The highest BCUT2D eigenvalue weighted by atomic mass is 35.5. The van der Waals surface area contributed by atoms with E-state index < -0.39 is 11.8 Å². The average Bonchev–Trinajstić information content (AvgIpc) is 2.81. The van der Waals surface area contributed by atoms with Gasteiger partial charge >= 0.3 is 6.16 Å². The molecule has 0 saturated carbocycles. The number of rotatable bonds is 5. The Hall–Kier alpha value is -1.66. The van der Waals surface area contributed by atoms with E-state index in [2.05, 4.69) is 11.8 Å². The van der Waals surface area contributed by atoms with Gasteiger partial charge in [0.25, 0.3) is 0 Å². The third-order valence-electron chi connectivity index (χ3n) is 3.04. The number of halogens is 1. The average molecular weight is 293 g/mol. The zero-order valence-electron chi connectivity index (χ0n) is 11.2. The lowest BCUT2D eigenvalue weighted by Gasteiger charge is -2.18. The summed E-state index contributed by atoms with van der Waals surface area (Å²) in [6, 6.07) is 9.83. The summed E-state index contributed by atoms with van der Waals surface area (Å²) in [7, 11) is 0. The molecule has 1 unspecified atom stereocenters. The van der Waals surface area contributed by atoms with E-state index in [1.807, 2.05) is 30.3 Å². The largest absolute Gasteiger partial charge is 0.510 e. The molecule has 0 aromatic heterocycles. The van der Waals surface area contributed by atoms with Gasteiger partial charge in [-0.15, -0.1) is 11.6 Å². The molecule has 0 amide bonds. The fourth-order valence-electron chi connectivity index (χ4n) is 2.04. The van der Waals surface area contributed by atoms with E-state index in [0.29, 0.717) is 12.3 Å². The van der Waals surface area contributed by atoms with Gasteiger partial charge in [-0.25, -0.2) is 4.79 Å². The summed E-state index contributed by atoms with van der Waals surface area (Å²) in [6.07, 6.45) is 2.55. The van der Waals surface area contributed by atoms with Crippen LogP contribution in [0, 0.1) is 11.8 Å². The highest BCUT2D eigenvalue weighted by Gasteiger charge is 2.41. The number of carbonyl (C=O) groups is 1. The van der Waals surface area contributed by atoms with E-state index in [9.17, 15) is 4.79 Å².